The van der Waals surface area contributed by atoms with E-state index in [1.807, 2.05) is 31.2 Å². The summed E-state index contributed by atoms with van der Waals surface area (Å²) >= 11 is 2.18. The van der Waals surface area contributed by atoms with Gasteiger partial charge in [0.05, 0.1) is 31.9 Å². The highest BCUT2D eigenvalue weighted by atomic mass is 127. The fourth-order valence-corrected chi connectivity index (χ4v) is 3.94. The Kier molecular flexibility index (Phi) is 8.50. The van der Waals surface area contributed by atoms with E-state index in [0.717, 1.165) is 16.5 Å². The van der Waals surface area contributed by atoms with Crippen molar-refractivity contribution < 1.29 is 19.1 Å². The Morgan fingerprint density at radius 3 is 2.65 bits per heavy atom. The number of benzene rings is 2. The number of methoxy groups -OCH3 is 1. The van der Waals surface area contributed by atoms with E-state index in [2.05, 4.69) is 43.9 Å². The lowest BCUT2D eigenvalue weighted by atomic mass is 10.0. The SMILES string of the molecule is CCC(NC(=O)c1ccc(NC(=O)Nc2cccc(I)c2)cc1OC)C1COCCN1. The lowest BCUT2D eigenvalue weighted by Gasteiger charge is -2.31. The number of carbonyl (C=O) groups excluding carboxylic acids is 2. The monoisotopic (exact) mass is 538 g/mol. The van der Waals surface area contributed by atoms with Crippen molar-refractivity contribution in [3.8, 4) is 5.75 Å². The molecule has 1 aliphatic rings. The molecule has 4 N–H and O–H groups in total. The van der Waals surface area contributed by atoms with Gasteiger partial charge in [0.25, 0.3) is 5.91 Å². The number of hydrogen-bond acceptors (Lipinski definition) is 5. The van der Waals surface area contributed by atoms with Gasteiger partial charge in [0.1, 0.15) is 5.75 Å². The van der Waals surface area contributed by atoms with Crippen LogP contribution in [-0.2, 0) is 4.74 Å². The zero-order valence-electron chi connectivity index (χ0n) is 17.5. The summed E-state index contributed by atoms with van der Waals surface area (Å²) < 4.78 is 11.9. The van der Waals surface area contributed by atoms with E-state index < -0.39 is 0 Å². The van der Waals surface area contributed by atoms with E-state index in [0.29, 0.717) is 35.9 Å². The topological polar surface area (TPSA) is 101 Å². The summed E-state index contributed by atoms with van der Waals surface area (Å²) in [6, 6.07) is 12.1. The Labute approximate surface area is 195 Å². The molecule has 1 fully saturated rings. The van der Waals surface area contributed by atoms with E-state index in [9.17, 15) is 9.59 Å². The van der Waals surface area contributed by atoms with Gasteiger partial charge in [-0.3, -0.25) is 4.79 Å². The number of nitrogens with one attached hydrogen (secondary N) is 4. The summed E-state index contributed by atoms with van der Waals surface area (Å²) in [4.78, 5) is 25.2. The maximum Gasteiger partial charge on any atom is 0.323 e. The van der Waals surface area contributed by atoms with Crippen LogP contribution in [0.5, 0.6) is 5.75 Å². The standard InChI is InChI=1S/C22H27IN4O4/c1-3-18(19-13-31-10-9-24-19)27-21(28)17-8-7-16(12-20(17)30-2)26-22(29)25-15-6-4-5-14(23)11-15/h4-8,11-12,18-19,24H,3,9-10,13H2,1-2H3,(H,27,28)(H2,25,26,29). The Morgan fingerprint density at radius 1 is 1.23 bits per heavy atom. The van der Waals surface area contributed by atoms with Gasteiger partial charge in [0, 0.05) is 33.6 Å². The zero-order chi connectivity index (χ0) is 22.2. The number of hydrogen-bond donors (Lipinski definition) is 4. The number of rotatable bonds is 7. The van der Waals surface area contributed by atoms with Gasteiger partial charge in [-0.1, -0.05) is 13.0 Å². The van der Waals surface area contributed by atoms with Crippen molar-refractivity contribution in [3.63, 3.8) is 0 Å². The smallest absolute Gasteiger partial charge is 0.323 e. The predicted octanol–water partition coefficient (Wildman–Crippen LogP) is 3.44. The maximum atomic E-state index is 12.9. The third-order valence-corrected chi connectivity index (χ3v) is 5.65. The van der Waals surface area contributed by atoms with E-state index >= 15 is 0 Å². The molecule has 2 aromatic carbocycles. The lowest BCUT2D eigenvalue weighted by Crippen LogP contribution is -2.55. The first-order chi connectivity index (χ1) is 15.0. The zero-order valence-corrected chi connectivity index (χ0v) is 19.7. The molecule has 2 unspecified atom stereocenters. The molecule has 166 valence electrons. The third-order valence-electron chi connectivity index (χ3n) is 4.98. The maximum absolute atomic E-state index is 12.9. The van der Waals surface area contributed by atoms with Crippen LogP contribution in [-0.4, -0.2) is 50.9 Å². The molecule has 8 nitrogen and oxygen atoms in total. The van der Waals surface area contributed by atoms with Crippen molar-refractivity contribution in [3.05, 3.63) is 51.6 Å². The fourth-order valence-electron chi connectivity index (χ4n) is 3.39. The first kappa shape index (κ1) is 23.3. The second-order valence-electron chi connectivity index (χ2n) is 7.13. The van der Waals surface area contributed by atoms with Crippen LogP contribution in [0.4, 0.5) is 16.2 Å². The van der Waals surface area contributed by atoms with Crippen LogP contribution < -0.4 is 26.0 Å². The van der Waals surface area contributed by atoms with Crippen LogP contribution in [0.3, 0.4) is 0 Å². The minimum absolute atomic E-state index is 0.0604. The van der Waals surface area contributed by atoms with Crippen LogP contribution in [0.15, 0.2) is 42.5 Å². The molecule has 0 saturated carbocycles. The van der Waals surface area contributed by atoms with E-state index in [1.54, 1.807) is 18.2 Å². The van der Waals surface area contributed by atoms with Crippen molar-refractivity contribution in [1.82, 2.24) is 10.6 Å². The molecule has 3 rings (SSSR count). The third kappa shape index (κ3) is 6.55. The number of ether oxygens (including phenoxy) is 2. The fraction of sp³-hybridized carbons (Fsp3) is 0.364. The average Bonchev–Trinajstić information content (AvgIpc) is 2.77. The molecule has 0 radical (unpaired) electrons. The molecular weight excluding hydrogens is 511 g/mol. The number of amides is 3. The Morgan fingerprint density at radius 2 is 2.00 bits per heavy atom. The predicted molar refractivity (Wildman–Crippen MR) is 129 cm³/mol. The van der Waals surface area contributed by atoms with Crippen LogP contribution in [0.25, 0.3) is 0 Å². The normalized spacial score (nSPS) is 16.8. The first-order valence-corrected chi connectivity index (χ1v) is 11.2. The average molecular weight is 538 g/mol. The molecule has 3 amide bonds. The molecular formula is C22H27IN4O4. The molecule has 0 bridgehead atoms. The van der Waals surface area contributed by atoms with Gasteiger partial charge in [-0.2, -0.15) is 0 Å². The van der Waals surface area contributed by atoms with Gasteiger partial charge in [0.15, 0.2) is 0 Å². The molecule has 9 heteroatoms. The molecule has 0 spiro atoms. The molecule has 31 heavy (non-hydrogen) atoms. The van der Waals surface area contributed by atoms with Crippen molar-refractivity contribution in [2.24, 2.45) is 0 Å². The van der Waals surface area contributed by atoms with Crippen molar-refractivity contribution in [2.75, 3.05) is 37.5 Å². The Balaban J connectivity index is 1.65. The number of urea groups is 1. The van der Waals surface area contributed by atoms with Crippen LogP contribution in [0, 0.1) is 3.57 Å². The molecule has 0 aromatic heterocycles. The number of halogens is 1. The summed E-state index contributed by atoms with van der Waals surface area (Å²) in [6.07, 6.45) is 0.771. The first-order valence-electron chi connectivity index (χ1n) is 10.1. The van der Waals surface area contributed by atoms with Crippen molar-refractivity contribution >= 4 is 45.9 Å². The molecule has 1 aliphatic heterocycles. The molecule has 2 atom stereocenters. The van der Waals surface area contributed by atoms with Gasteiger partial charge in [-0.15, -0.1) is 0 Å². The minimum Gasteiger partial charge on any atom is -0.496 e. The van der Waals surface area contributed by atoms with E-state index in [1.165, 1.54) is 7.11 Å². The number of carbonyl (C=O) groups is 2. The quantitative estimate of drug-likeness (QED) is 0.405. The van der Waals surface area contributed by atoms with Gasteiger partial charge >= 0.3 is 6.03 Å². The van der Waals surface area contributed by atoms with Gasteiger partial charge in [-0.25, -0.2) is 4.79 Å². The highest BCUT2D eigenvalue weighted by Gasteiger charge is 2.25. The molecule has 1 heterocycles. The summed E-state index contributed by atoms with van der Waals surface area (Å²) in [7, 11) is 1.50. The highest BCUT2D eigenvalue weighted by molar-refractivity contribution is 14.1. The second-order valence-corrected chi connectivity index (χ2v) is 8.37. The largest absolute Gasteiger partial charge is 0.496 e. The van der Waals surface area contributed by atoms with Crippen LogP contribution in [0.1, 0.15) is 23.7 Å². The Hall–Kier alpha value is -2.37. The summed E-state index contributed by atoms with van der Waals surface area (Å²) in [6.45, 7) is 4.04. The van der Waals surface area contributed by atoms with Crippen molar-refractivity contribution in [1.29, 1.82) is 0 Å². The van der Waals surface area contributed by atoms with E-state index in [4.69, 9.17) is 9.47 Å². The Bertz CT molecular complexity index is 918. The minimum atomic E-state index is -0.379. The number of morpholine rings is 1. The van der Waals surface area contributed by atoms with E-state index in [-0.39, 0.29) is 24.0 Å². The second kappa shape index (κ2) is 11.3. The summed E-state index contributed by atoms with van der Waals surface area (Å²) in [5.41, 5.74) is 1.62. The molecule has 1 saturated heterocycles. The van der Waals surface area contributed by atoms with Gasteiger partial charge in [0.2, 0.25) is 0 Å². The van der Waals surface area contributed by atoms with Gasteiger partial charge in [-0.05, 0) is 59.3 Å². The highest BCUT2D eigenvalue weighted by Crippen LogP contribution is 2.24. The molecule has 2 aromatic rings. The summed E-state index contributed by atoms with van der Waals surface area (Å²) in [5, 5.41) is 12.0. The molecule has 0 aliphatic carbocycles. The van der Waals surface area contributed by atoms with Gasteiger partial charge < -0.3 is 30.7 Å². The van der Waals surface area contributed by atoms with Crippen molar-refractivity contribution in [2.45, 2.75) is 25.4 Å². The van der Waals surface area contributed by atoms with Crippen LogP contribution >= 0.6 is 22.6 Å². The summed E-state index contributed by atoms with van der Waals surface area (Å²) in [5.74, 6) is 0.151. The lowest BCUT2D eigenvalue weighted by molar-refractivity contribution is 0.0599. The number of anilines is 2. The van der Waals surface area contributed by atoms with Crippen LogP contribution in [0.2, 0.25) is 0 Å².